The third-order valence-electron chi connectivity index (χ3n) is 5.28. The Morgan fingerprint density at radius 2 is 2.00 bits per heavy atom. The van der Waals surface area contributed by atoms with E-state index >= 15 is 0 Å². The number of anilines is 2. The van der Waals surface area contributed by atoms with Crippen molar-refractivity contribution < 1.29 is 23.5 Å². The minimum Gasteiger partial charge on any atom is -0.455 e. The molecule has 158 valence electrons. The van der Waals surface area contributed by atoms with Gasteiger partial charge >= 0.3 is 5.97 Å². The molecule has 1 fully saturated rings. The third kappa shape index (κ3) is 5.03. The van der Waals surface area contributed by atoms with Gasteiger partial charge in [-0.05, 0) is 42.2 Å². The summed E-state index contributed by atoms with van der Waals surface area (Å²) in [5, 5.41) is 2.46. The van der Waals surface area contributed by atoms with Crippen molar-refractivity contribution in [3.05, 3.63) is 59.9 Å². The molecular weight excluding hydrogens is 387 g/mol. The Labute approximate surface area is 175 Å². The second-order valence-corrected chi connectivity index (χ2v) is 7.44. The molecule has 1 aliphatic heterocycles. The number of halogens is 1. The van der Waals surface area contributed by atoms with Crippen molar-refractivity contribution in [2.24, 2.45) is 5.92 Å². The number of ether oxygens (including phenoxy) is 1. The lowest BCUT2D eigenvalue weighted by atomic mass is 9.96. The molecule has 2 atom stereocenters. The summed E-state index contributed by atoms with van der Waals surface area (Å²) in [6.45, 7) is 3.91. The Balaban J connectivity index is 1.58. The fourth-order valence-corrected chi connectivity index (χ4v) is 3.49. The molecule has 1 heterocycles. The molecule has 0 saturated carbocycles. The summed E-state index contributed by atoms with van der Waals surface area (Å²) in [5.74, 6) is -2.14. The number of carbonyl (C=O) groups is 3. The summed E-state index contributed by atoms with van der Waals surface area (Å²) in [4.78, 5) is 38.6. The normalized spacial score (nSPS) is 17.0. The van der Waals surface area contributed by atoms with E-state index < -0.39 is 30.2 Å². The standard InChI is InChI=1S/C23H25FN2O4/c1-3-15(2)19-9-4-5-10-20(19)26-13-16(11-22(26)28)23(29)30-14-21(27)25-18-8-6-7-17(24)12-18/h4-10,12,15-16H,3,11,13-14H2,1-2H3,(H,25,27)/t15-,16+/m1/s1. The molecular formula is C23H25FN2O4. The predicted octanol–water partition coefficient (Wildman–Crippen LogP) is 3.87. The van der Waals surface area contributed by atoms with Crippen molar-refractivity contribution in [3.63, 3.8) is 0 Å². The van der Waals surface area contributed by atoms with Gasteiger partial charge in [0.15, 0.2) is 6.61 Å². The first-order valence-corrected chi connectivity index (χ1v) is 10.00. The first-order valence-electron chi connectivity index (χ1n) is 10.00. The largest absolute Gasteiger partial charge is 0.455 e. The van der Waals surface area contributed by atoms with E-state index in [2.05, 4.69) is 19.2 Å². The molecule has 0 aliphatic carbocycles. The zero-order chi connectivity index (χ0) is 21.7. The minimum atomic E-state index is -0.635. The van der Waals surface area contributed by atoms with Crippen LogP contribution < -0.4 is 10.2 Å². The van der Waals surface area contributed by atoms with E-state index in [0.717, 1.165) is 17.7 Å². The van der Waals surface area contributed by atoms with Crippen LogP contribution in [0.1, 0.15) is 38.2 Å². The van der Waals surface area contributed by atoms with Gasteiger partial charge in [-0.15, -0.1) is 0 Å². The number of hydrogen-bond acceptors (Lipinski definition) is 4. The molecule has 0 aromatic heterocycles. The monoisotopic (exact) mass is 412 g/mol. The van der Waals surface area contributed by atoms with E-state index in [-0.39, 0.29) is 30.5 Å². The van der Waals surface area contributed by atoms with Gasteiger partial charge in [0.25, 0.3) is 5.91 Å². The summed E-state index contributed by atoms with van der Waals surface area (Å²) in [5.41, 5.74) is 2.16. The van der Waals surface area contributed by atoms with Crippen LogP contribution in [0.3, 0.4) is 0 Å². The Morgan fingerprint density at radius 1 is 1.23 bits per heavy atom. The molecule has 0 radical (unpaired) electrons. The fraction of sp³-hybridized carbons (Fsp3) is 0.348. The van der Waals surface area contributed by atoms with Crippen molar-refractivity contribution in [3.8, 4) is 0 Å². The predicted molar refractivity (Wildman–Crippen MR) is 112 cm³/mol. The highest BCUT2D eigenvalue weighted by molar-refractivity contribution is 6.00. The van der Waals surface area contributed by atoms with Crippen LogP contribution in [-0.2, 0) is 19.1 Å². The van der Waals surface area contributed by atoms with Crippen molar-refractivity contribution in [1.82, 2.24) is 0 Å². The maximum Gasteiger partial charge on any atom is 0.311 e. The molecule has 1 N–H and O–H groups in total. The van der Waals surface area contributed by atoms with Gasteiger partial charge in [0.2, 0.25) is 5.91 Å². The van der Waals surface area contributed by atoms with E-state index in [1.54, 1.807) is 4.90 Å². The van der Waals surface area contributed by atoms with Crippen molar-refractivity contribution in [2.75, 3.05) is 23.4 Å². The number of nitrogens with zero attached hydrogens (tertiary/aromatic N) is 1. The number of carbonyl (C=O) groups excluding carboxylic acids is 3. The van der Waals surface area contributed by atoms with E-state index in [0.29, 0.717) is 0 Å². The molecule has 2 aromatic carbocycles. The minimum absolute atomic E-state index is 0.0409. The number of esters is 1. The summed E-state index contributed by atoms with van der Waals surface area (Å²) >= 11 is 0. The molecule has 0 spiro atoms. The average Bonchev–Trinajstić information content (AvgIpc) is 3.13. The van der Waals surface area contributed by atoms with Gasteiger partial charge in [-0.25, -0.2) is 4.39 Å². The van der Waals surface area contributed by atoms with Crippen LogP contribution >= 0.6 is 0 Å². The maximum absolute atomic E-state index is 13.2. The van der Waals surface area contributed by atoms with Gasteiger partial charge in [-0.3, -0.25) is 14.4 Å². The number of benzene rings is 2. The second kappa shape index (κ2) is 9.52. The highest BCUT2D eigenvalue weighted by Gasteiger charge is 2.37. The van der Waals surface area contributed by atoms with Crippen LogP contribution in [0.25, 0.3) is 0 Å². The van der Waals surface area contributed by atoms with E-state index in [1.807, 2.05) is 24.3 Å². The molecule has 2 amide bonds. The first-order chi connectivity index (χ1) is 14.4. The lowest BCUT2D eigenvalue weighted by molar-refractivity contribution is -0.151. The molecule has 6 nitrogen and oxygen atoms in total. The maximum atomic E-state index is 13.2. The summed E-state index contributed by atoms with van der Waals surface area (Å²) in [6, 6.07) is 13.1. The van der Waals surface area contributed by atoms with E-state index in [9.17, 15) is 18.8 Å². The number of nitrogens with one attached hydrogen (secondary N) is 1. The van der Waals surface area contributed by atoms with Crippen molar-refractivity contribution in [1.29, 1.82) is 0 Å². The van der Waals surface area contributed by atoms with Crippen LogP contribution in [0.4, 0.5) is 15.8 Å². The number of rotatable bonds is 7. The molecule has 1 saturated heterocycles. The van der Waals surface area contributed by atoms with Gasteiger partial charge in [0.1, 0.15) is 5.82 Å². The molecule has 2 aromatic rings. The quantitative estimate of drug-likeness (QED) is 0.701. The lowest BCUT2D eigenvalue weighted by Gasteiger charge is -2.23. The van der Waals surface area contributed by atoms with Gasteiger partial charge < -0.3 is 15.0 Å². The number of amides is 2. The van der Waals surface area contributed by atoms with Crippen LogP contribution in [0.15, 0.2) is 48.5 Å². The topological polar surface area (TPSA) is 75.7 Å². The first kappa shape index (κ1) is 21.5. The zero-order valence-electron chi connectivity index (χ0n) is 17.1. The van der Waals surface area contributed by atoms with Gasteiger partial charge in [0.05, 0.1) is 5.92 Å². The summed E-state index contributed by atoms with van der Waals surface area (Å²) in [6.07, 6.45) is 0.976. The highest BCUT2D eigenvalue weighted by Crippen LogP contribution is 2.33. The molecule has 7 heteroatoms. The zero-order valence-corrected chi connectivity index (χ0v) is 17.1. The van der Waals surface area contributed by atoms with E-state index in [1.165, 1.54) is 24.3 Å². The second-order valence-electron chi connectivity index (χ2n) is 7.44. The van der Waals surface area contributed by atoms with E-state index in [4.69, 9.17) is 4.74 Å². The Morgan fingerprint density at radius 3 is 2.73 bits per heavy atom. The van der Waals surface area contributed by atoms with Gasteiger partial charge in [0, 0.05) is 24.3 Å². The smallest absolute Gasteiger partial charge is 0.311 e. The van der Waals surface area contributed by atoms with Crippen molar-refractivity contribution in [2.45, 2.75) is 32.6 Å². The van der Waals surface area contributed by atoms with Crippen LogP contribution in [0.5, 0.6) is 0 Å². The summed E-state index contributed by atoms with van der Waals surface area (Å²) < 4.78 is 18.3. The van der Waals surface area contributed by atoms with Crippen LogP contribution in [-0.4, -0.2) is 30.9 Å². The van der Waals surface area contributed by atoms with Crippen LogP contribution in [0.2, 0.25) is 0 Å². The van der Waals surface area contributed by atoms with Gasteiger partial charge in [-0.2, -0.15) is 0 Å². The number of hydrogen-bond donors (Lipinski definition) is 1. The van der Waals surface area contributed by atoms with Crippen molar-refractivity contribution >= 4 is 29.2 Å². The Kier molecular flexibility index (Phi) is 6.82. The SMILES string of the molecule is CC[C@@H](C)c1ccccc1N1C[C@@H](C(=O)OCC(=O)Nc2cccc(F)c2)CC1=O. The molecule has 0 unspecified atom stereocenters. The summed E-state index contributed by atoms with van der Waals surface area (Å²) in [7, 11) is 0. The van der Waals surface area contributed by atoms with Crippen LogP contribution in [0, 0.1) is 11.7 Å². The molecule has 0 bridgehead atoms. The fourth-order valence-electron chi connectivity index (χ4n) is 3.49. The highest BCUT2D eigenvalue weighted by atomic mass is 19.1. The molecule has 3 rings (SSSR count). The molecule has 1 aliphatic rings. The molecule has 30 heavy (non-hydrogen) atoms. The Bertz CT molecular complexity index is 946. The Hall–Kier alpha value is -3.22. The lowest BCUT2D eigenvalue weighted by Crippen LogP contribution is -2.29. The average molecular weight is 412 g/mol. The number of para-hydroxylation sites is 1. The van der Waals surface area contributed by atoms with Gasteiger partial charge in [-0.1, -0.05) is 38.1 Å². The third-order valence-corrected chi connectivity index (χ3v) is 5.28.